The Morgan fingerprint density at radius 3 is 2.81 bits per heavy atom. The van der Waals surface area contributed by atoms with Crippen LogP contribution in [-0.2, 0) is 9.47 Å². The van der Waals surface area contributed by atoms with Crippen LogP contribution in [-0.4, -0.2) is 38.3 Å². The third-order valence-electron chi connectivity index (χ3n) is 4.14. The van der Waals surface area contributed by atoms with Gasteiger partial charge in [-0.05, 0) is 43.2 Å². The van der Waals surface area contributed by atoms with Crippen molar-refractivity contribution in [3.8, 4) is 5.75 Å². The first-order valence-electron chi connectivity index (χ1n) is 8.50. The Morgan fingerprint density at radius 1 is 1.19 bits per heavy atom. The number of hydrogen-bond acceptors (Lipinski definition) is 5. The molecule has 26 heavy (non-hydrogen) atoms. The van der Waals surface area contributed by atoms with Gasteiger partial charge in [0.05, 0.1) is 24.5 Å². The number of para-hydroxylation sites is 1. The summed E-state index contributed by atoms with van der Waals surface area (Å²) in [5, 5.41) is 2.75. The standard InChI is InChI=1S/C20H21NO5/c1-24-20(23)17-9-2-3-10-18(17)21-19(22)14-6-4-7-15(12-14)26-13-16-8-5-11-25-16/h2-4,6-7,9-10,12,16H,5,8,11,13H2,1H3,(H,21,22)/t16-/m1/s1. The molecule has 0 aliphatic carbocycles. The first-order chi connectivity index (χ1) is 12.7. The van der Waals surface area contributed by atoms with E-state index in [9.17, 15) is 9.59 Å². The number of hydrogen-bond donors (Lipinski definition) is 1. The van der Waals surface area contributed by atoms with Crippen LogP contribution in [0.3, 0.4) is 0 Å². The van der Waals surface area contributed by atoms with E-state index in [0.29, 0.717) is 29.2 Å². The van der Waals surface area contributed by atoms with Crippen LogP contribution in [0.25, 0.3) is 0 Å². The number of nitrogens with one attached hydrogen (secondary N) is 1. The van der Waals surface area contributed by atoms with Crippen molar-refractivity contribution in [1.82, 2.24) is 0 Å². The quantitative estimate of drug-likeness (QED) is 0.805. The molecule has 136 valence electrons. The summed E-state index contributed by atoms with van der Waals surface area (Å²) in [4.78, 5) is 24.4. The van der Waals surface area contributed by atoms with E-state index in [0.717, 1.165) is 19.4 Å². The number of benzene rings is 2. The minimum Gasteiger partial charge on any atom is -0.491 e. The molecule has 1 aliphatic heterocycles. The van der Waals surface area contributed by atoms with Gasteiger partial charge in [-0.3, -0.25) is 4.79 Å². The maximum atomic E-state index is 12.5. The number of carbonyl (C=O) groups is 2. The number of carbonyl (C=O) groups excluding carboxylic acids is 2. The van der Waals surface area contributed by atoms with E-state index in [1.165, 1.54) is 7.11 Å². The summed E-state index contributed by atoms with van der Waals surface area (Å²) in [7, 11) is 1.30. The Labute approximate surface area is 152 Å². The fraction of sp³-hybridized carbons (Fsp3) is 0.300. The molecule has 0 unspecified atom stereocenters. The lowest BCUT2D eigenvalue weighted by molar-refractivity contribution is 0.0602. The van der Waals surface area contributed by atoms with E-state index in [1.807, 2.05) is 0 Å². The zero-order valence-electron chi connectivity index (χ0n) is 14.6. The summed E-state index contributed by atoms with van der Waals surface area (Å²) in [5.41, 5.74) is 1.14. The van der Waals surface area contributed by atoms with Gasteiger partial charge in [0, 0.05) is 12.2 Å². The van der Waals surface area contributed by atoms with Crippen LogP contribution in [0, 0.1) is 0 Å². The van der Waals surface area contributed by atoms with Gasteiger partial charge in [0.15, 0.2) is 0 Å². The van der Waals surface area contributed by atoms with Gasteiger partial charge in [-0.2, -0.15) is 0 Å². The van der Waals surface area contributed by atoms with E-state index in [2.05, 4.69) is 5.32 Å². The molecule has 6 heteroatoms. The highest BCUT2D eigenvalue weighted by atomic mass is 16.5. The molecule has 1 saturated heterocycles. The summed E-state index contributed by atoms with van der Waals surface area (Å²) in [6, 6.07) is 13.6. The number of rotatable bonds is 6. The van der Waals surface area contributed by atoms with E-state index in [4.69, 9.17) is 14.2 Å². The second-order valence-electron chi connectivity index (χ2n) is 5.97. The fourth-order valence-corrected chi connectivity index (χ4v) is 2.77. The lowest BCUT2D eigenvalue weighted by Gasteiger charge is -2.13. The smallest absolute Gasteiger partial charge is 0.339 e. The molecule has 0 aromatic heterocycles. The van der Waals surface area contributed by atoms with E-state index in [-0.39, 0.29) is 12.0 Å². The van der Waals surface area contributed by atoms with Crippen molar-refractivity contribution >= 4 is 17.6 Å². The molecule has 3 rings (SSSR count). The highest BCUT2D eigenvalue weighted by molar-refractivity contribution is 6.08. The Balaban J connectivity index is 1.68. The molecule has 1 N–H and O–H groups in total. The molecule has 1 fully saturated rings. The predicted molar refractivity (Wildman–Crippen MR) is 96.6 cm³/mol. The molecule has 1 heterocycles. The maximum absolute atomic E-state index is 12.5. The predicted octanol–water partition coefficient (Wildman–Crippen LogP) is 3.28. The summed E-state index contributed by atoms with van der Waals surface area (Å²) >= 11 is 0. The highest BCUT2D eigenvalue weighted by Gasteiger charge is 2.17. The molecule has 0 radical (unpaired) electrons. The molecule has 1 atom stereocenters. The second kappa shape index (κ2) is 8.49. The van der Waals surface area contributed by atoms with Gasteiger partial charge in [0.2, 0.25) is 0 Å². The van der Waals surface area contributed by atoms with Crippen LogP contribution in [0.4, 0.5) is 5.69 Å². The van der Waals surface area contributed by atoms with Crippen molar-refractivity contribution < 1.29 is 23.8 Å². The first-order valence-corrected chi connectivity index (χ1v) is 8.50. The molecular formula is C20H21NO5. The summed E-state index contributed by atoms with van der Waals surface area (Å²) in [6.07, 6.45) is 2.15. The Hall–Kier alpha value is -2.86. The highest BCUT2D eigenvalue weighted by Crippen LogP contribution is 2.20. The SMILES string of the molecule is COC(=O)c1ccccc1NC(=O)c1cccc(OC[C@H]2CCCO2)c1. The van der Waals surface area contributed by atoms with Crippen LogP contribution in [0.5, 0.6) is 5.75 Å². The maximum Gasteiger partial charge on any atom is 0.339 e. The minimum absolute atomic E-state index is 0.111. The summed E-state index contributed by atoms with van der Waals surface area (Å²) < 4.78 is 16.0. The van der Waals surface area contributed by atoms with Crippen LogP contribution >= 0.6 is 0 Å². The zero-order valence-corrected chi connectivity index (χ0v) is 14.6. The van der Waals surface area contributed by atoms with Gasteiger partial charge in [-0.1, -0.05) is 18.2 Å². The van der Waals surface area contributed by atoms with Gasteiger partial charge in [0.1, 0.15) is 12.4 Å². The first kappa shape index (κ1) is 17.9. The normalized spacial score (nSPS) is 16.1. The Morgan fingerprint density at radius 2 is 2.04 bits per heavy atom. The van der Waals surface area contributed by atoms with Crippen LogP contribution in [0.15, 0.2) is 48.5 Å². The number of esters is 1. The van der Waals surface area contributed by atoms with Crippen molar-refractivity contribution in [3.05, 3.63) is 59.7 Å². The zero-order chi connectivity index (χ0) is 18.4. The van der Waals surface area contributed by atoms with Gasteiger partial charge < -0.3 is 19.5 Å². The average molecular weight is 355 g/mol. The lowest BCUT2D eigenvalue weighted by Crippen LogP contribution is -2.17. The average Bonchev–Trinajstić information content (AvgIpc) is 3.20. The molecule has 1 aliphatic rings. The van der Waals surface area contributed by atoms with Crippen molar-refractivity contribution in [2.75, 3.05) is 25.6 Å². The van der Waals surface area contributed by atoms with Crippen LogP contribution in [0.1, 0.15) is 33.6 Å². The number of anilines is 1. The van der Waals surface area contributed by atoms with Gasteiger partial charge >= 0.3 is 5.97 Å². The van der Waals surface area contributed by atoms with E-state index in [1.54, 1.807) is 48.5 Å². The molecule has 0 spiro atoms. The monoisotopic (exact) mass is 355 g/mol. The van der Waals surface area contributed by atoms with E-state index >= 15 is 0 Å². The Kier molecular flexibility index (Phi) is 5.86. The van der Waals surface area contributed by atoms with Gasteiger partial charge in [0.25, 0.3) is 5.91 Å². The van der Waals surface area contributed by atoms with Crippen molar-refractivity contribution in [2.24, 2.45) is 0 Å². The number of ether oxygens (including phenoxy) is 3. The van der Waals surface area contributed by atoms with Crippen molar-refractivity contribution in [3.63, 3.8) is 0 Å². The molecule has 1 amide bonds. The van der Waals surface area contributed by atoms with Crippen LogP contribution < -0.4 is 10.1 Å². The molecular weight excluding hydrogens is 334 g/mol. The molecule has 0 bridgehead atoms. The van der Waals surface area contributed by atoms with E-state index < -0.39 is 5.97 Å². The molecule has 0 saturated carbocycles. The topological polar surface area (TPSA) is 73.9 Å². The summed E-state index contributed by atoms with van der Waals surface area (Å²) in [5.74, 6) is -0.229. The Bertz CT molecular complexity index is 783. The molecule has 2 aromatic carbocycles. The largest absolute Gasteiger partial charge is 0.491 e. The second-order valence-corrected chi connectivity index (χ2v) is 5.97. The fourth-order valence-electron chi connectivity index (χ4n) is 2.77. The third-order valence-corrected chi connectivity index (χ3v) is 4.14. The number of amides is 1. The van der Waals surface area contributed by atoms with Crippen LogP contribution in [0.2, 0.25) is 0 Å². The van der Waals surface area contributed by atoms with Gasteiger partial charge in [-0.15, -0.1) is 0 Å². The van der Waals surface area contributed by atoms with Crippen molar-refractivity contribution in [1.29, 1.82) is 0 Å². The summed E-state index contributed by atoms with van der Waals surface area (Å²) in [6.45, 7) is 1.24. The lowest BCUT2D eigenvalue weighted by atomic mass is 10.1. The number of methoxy groups -OCH3 is 1. The molecule has 2 aromatic rings. The molecule has 6 nitrogen and oxygen atoms in total. The third kappa shape index (κ3) is 4.40. The minimum atomic E-state index is -0.505. The van der Waals surface area contributed by atoms with Gasteiger partial charge in [-0.25, -0.2) is 4.79 Å². The van der Waals surface area contributed by atoms with Crippen molar-refractivity contribution in [2.45, 2.75) is 18.9 Å².